The van der Waals surface area contributed by atoms with E-state index >= 15 is 0 Å². The maximum Gasteiger partial charge on any atom is 0.260 e. The van der Waals surface area contributed by atoms with Crippen molar-refractivity contribution in [3.63, 3.8) is 0 Å². The van der Waals surface area contributed by atoms with Gasteiger partial charge in [0.15, 0.2) is 11.5 Å². The normalized spacial score (nSPS) is 23.1. The molecule has 35 heavy (non-hydrogen) atoms. The van der Waals surface area contributed by atoms with Crippen LogP contribution >= 0.6 is 11.8 Å². The third kappa shape index (κ3) is 5.67. The summed E-state index contributed by atoms with van der Waals surface area (Å²) in [6.45, 7) is 2.62. The van der Waals surface area contributed by atoms with Crippen LogP contribution in [0.2, 0.25) is 0 Å². The Hall–Kier alpha value is -2.93. The van der Waals surface area contributed by atoms with Crippen LogP contribution in [-0.4, -0.2) is 55.8 Å². The molecule has 1 N–H and O–H groups in total. The molecule has 1 saturated heterocycles. The van der Waals surface area contributed by atoms with E-state index < -0.39 is 0 Å². The standard InChI is InChI=1S/C28H34N2O4S/c1-18-7-5-6-8-20(18)17-26-28(32)30(2)22-16-21(10-12-25(22)35-26)27(31)29-14-13-19-9-11-23(33-3)24(15-19)34-4/h5-9,11,15,17,21-22,25H,10,12-14,16H2,1-4H3,(H,29,31)/b26-17-. The van der Waals surface area contributed by atoms with E-state index in [4.69, 9.17) is 9.47 Å². The number of amides is 2. The second kappa shape index (κ2) is 11.2. The topological polar surface area (TPSA) is 67.9 Å². The van der Waals surface area contributed by atoms with E-state index in [1.807, 2.05) is 54.4 Å². The van der Waals surface area contributed by atoms with Crippen LogP contribution in [0, 0.1) is 12.8 Å². The Bertz CT molecular complexity index is 1120. The van der Waals surface area contributed by atoms with Crippen LogP contribution in [0.25, 0.3) is 6.08 Å². The first kappa shape index (κ1) is 25.2. The minimum absolute atomic E-state index is 0.0500. The van der Waals surface area contributed by atoms with Crippen LogP contribution < -0.4 is 14.8 Å². The fourth-order valence-electron chi connectivity index (χ4n) is 4.94. The minimum Gasteiger partial charge on any atom is -0.493 e. The number of benzene rings is 2. The van der Waals surface area contributed by atoms with Crippen LogP contribution in [0.1, 0.15) is 36.0 Å². The van der Waals surface area contributed by atoms with E-state index in [2.05, 4.69) is 18.3 Å². The Morgan fingerprint density at radius 2 is 1.91 bits per heavy atom. The number of nitrogens with zero attached hydrogens (tertiary/aromatic N) is 1. The number of methoxy groups -OCH3 is 2. The number of aryl methyl sites for hydroxylation is 1. The predicted octanol–water partition coefficient (Wildman–Crippen LogP) is 4.45. The molecule has 1 aliphatic carbocycles. The van der Waals surface area contributed by atoms with Crippen LogP contribution in [-0.2, 0) is 16.0 Å². The highest BCUT2D eigenvalue weighted by atomic mass is 32.2. The van der Waals surface area contributed by atoms with Crippen molar-refractivity contribution in [3.05, 3.63) is 64.1 Å². The molecule has 2 fully saturated rings. The van der Waals surface area contributed by atoms with Gasteiger partial charge in [0.05, 0.1) is 19.1 Å². The Morgan fingerprint density at radius 3 is 2.66 bits per heavy atom. The molecular weight excluding hydrogens is 460 g/mol. The number of carbonyl (C=O) groups excluding carboxylic acids is 2. The number of ether oxygens (including phenoxy) is 2. The number of nitrogens with one attached hydrogen (secondary N) is 1. The Labute approximate surface area is 212 Å². The predicted molar refractivity (Wildman–Crippen MR) is 141 cm³/mol. The number of fused-ring (bicyclic) bond motifs is 1. The molecule has 7 heteroatoms. The maximum atomic E-state index is 13.1. The summed E-state index contributed by atoms with van der Waals surface area (Å²) in [6.07, 6.45) is 5.20. The van der Waals surface area contributed by atoms with Crippen LogP contribution in [0.4, 0.5) is 0 Å². The summed E-state index contributed by atoms with van der Waals surface area (Å²) in [5.41, 5.74) is 3.32. The molecule has 186 valence electrons. The first-order valence-electron chi connectivity index (χ1n) is 12.1. The average Bonchev–Trinajstić information content (AvgIpc) is 2.88. The lowest BCUT2D eigenvalue weighted by Gasteiger charge is -2.44. The lowest BCUT2D eigenvalue weighted by molar-refractivity contribution is -0.131. The summed E-state index contributed by atoms with van der Waals surface area (Å²) in [5, 5.41) is 3.43. The summed E-state index contributed by atoms with van der Waals surface area (Å²) in [6, 6.07) is 14.0. The number of thioether (sulfide) groups is 1. The number of carbonyl (C=O) groups is 2. The van der Waals surface area contributed by atoms with Gasteiger partial charge in [-0.15, -0.1) is 11.8 Å². The Morgan fingerprint density at radius 1 is 1.14 bits per heavy atom. The molecule has 4 rings (SSSR count). The van der Waals surface area contributed by atoms with Gasteiger partial charge in [0, 0.05) is 30.8 Å². The van der Waals surface area contributed by atoms with Crippen molar-refractivity contribution < 1.29 is 19.1 Å². The monoisotopic (exact) mass is 494 g/mol. The van der Waals surface area contributed by atoms with Gasteiger partial charge in [-0.25, -0.2) is 0 Å². The quantitative estimate of drug-likeness (QED) is 0.576. The first-order chi connectivity index (χ1) is 16.9. The second-order valence-corrected chi connectivity index (χ2v) is 10.5. The van der Waals surface area contributed by atoms with Gasteiger partial charge in [-0.05, 0) is 67.5 Å². The maximum absolute atomic E-state index is 13.1. The molecule has 2 aromatic carbocycles. The zero-order chi connectivity index (χ0) is 24.9. The van der Waals surface area contributed by atoms with Gasteiger partial charge in [-0.1, -0.05) is 30.3 Å². The van der Waals surface area contributed by atoms with Gasteiger partial charge in [0.1, 0.15) is 0 Å². The first-order valence-corrected chi connectivity index (χ1v) is 13.0. The van der Waals surface area contributed by atoms with E-state index in [0.29, 0.717) is 36.1 Å². The molecule has 0 bridgehead atoms. The zero-order valence-electron chi connectivity index (χ0n) is 20.9. The SMILES string of the molecule is COc1ccc(CCNC(=O)C2CCC3S/C(=C\c4ccccc4C)C(=O)N(C)C3C2)cc1OC. The molecule has 0 aromatic heterocycles. The molecule has 0 radical (unpaired) electrons. The third-order valence-electron chi connectivity index (χ3n) is 7.07. The summed E-state index contributed by atoms with van der Waals surface area (Å²) in [5.74, 6) is 1.44. The number of hydrogen-bond donors (Lipinski definition) is 1. The van der Waals surface area contributed by atoms with Gasteiger partial charge in [-0.3, -0.25) is 9.59 Å². The van der Waals surface area contributed by atoms with Gasteiger partial charge < -0.3 is 19.7 Å². The molecule has 3 atom stereocenters. The highest BCUT2D eigenvalue weighted by Gasteiger charge is 2.42. The van der Waals surface area contributed by atoms with Gasteiger partial charge >= 0.3 is 0 Å². The number of hydrogen-bond acceptors (Lipinski definition) is 5. The van der Waals surface area contributed by atoms with Gasteiger partial charge in [0.2, 0.25) is 5.91 Å². The molecule has 1 heterocycles. The van der Waals surface area contributed by atoms with Gasteiger partial charge in [0.25, 0.3) is 5.91 Å². The highest BCUT2D eigenvalue weighted by molar-refractivity contribution is 8.04. The van der Waals surface area contributed by atoms with Crippen molar-refractivity contribution >= 4 is 29.7 Å². The molecule has 2 aliphatic rings. The van der Waals surface area contributed by atoms with Crippen LogP contribution in [0.5, 0.6) is 11.5 Å². The fraction of sp³-hybridized carbons (Fsp3) is 0.429. The fourth-order valence-corrected chi connectivity index (χ4v) is 6.41. The molecule has 3 unspecified atom stereocenters. The van der Waals surface area contributed by atoms with E-state index in [9.17, 15) is 9.59 Å². The summed E-state index contributed by atoms with van der Waals surface area (Å²) >= 11 is 1.68. The lowest BCUT2D eigenvalue weighted by atomic mass is 9.83. The van der Waals surface area contributed by atoms with Crippen molar-refractivity contribution in [3.8, 4) is 11.5 Å². The van der Waals surface area contributed by atoms with Crippen molar-refractivity contribution in [1.82, 2.24) is 10.2 Å². The van der Waals surface area contributed by atoms with E-state index in [0.717, 1.165) is 34.4 Å². The van der Waals surface area contributed by atoms with Crippen LogP contribution in [0.15, 0.2) is 47.4 Å². The molecule has 2 aromatic rings. The second-order valence-electron chi connectivity index (χ2n) is 9.25. The molecule has 1 aliphatic heterocycles. The van der Waals surface area contributed by atoms with Crippen LogP contribution in [0.3, 0.4) is 0 Å². The Kier molecular flexibility index (Phi) is 8.06. The van der Waals surface area contributed by atoms with E-state index in [-0.39, 0.29) is 23.8 Å². The number of rotatable bonds is 7. The molecule has 1 saturated carbocycles. The highest BCUT2D eigenvalue weighted by Crippen LogP contribution is 2.43. The summed E-state index contributed by atoms with van der Waals surface area (Å²) in [4.78, 5) is 28.7. The van der Waals surface area contributed by atoms with Crippen molar-refractivity contribution in [2.75, 3.05) is 27.8 Å². The molecule has 0 spiro atoms. The van der Waals surface area contributed by atoms with Crippen molar-refractivity contribution in [1.29, 1.82) is 0 Å². The number of likely N-dealkylation sites (N-methyl/N-ethyl adjacent to an activating group) is 1. The average molecular weight is 495 g/mol. The zero-order valence-corrected chi connectivity index (χ0v) is 21.7. The Balaban J connectivity index is 1.33. The van der Waals surface area contributed by atoms with Gasteiger partial charge in [-0.2, -0.15) is 0 Å². The minimum atomic E-state index is -0.0700. The largest absolute Gasteiger partial charge is 0.493 e. The summed E-state index contributed by atoms with van der Waals surface area (Å²) in [7, 11) is 5.11. The lowest BCUT2D eigenvalue weighted by Crippen LogP contribution is -2.52. The van der Waals surface area contributed by atoms with E-state index in [1.54, 1.807) is 26.0 Å². The molecule has 6 nitrogen and oxygen atoms in total. The smallest absolute Gasteiger partial charge is 0.260 e. The van der Waals surface area contributed by atoms with E-state index in [1.165, 1.54) is 0 Å². The summed E-state index contributed by atoms with van der Waals surface area (Å²) < 4.78 is 10.7. The molecular formula is C28H34N2O4S. The molecule has 2 amide bonds. The third-order valence-corrected chi connectivity index (χ3v) is 8.47. The van der Waals surface area contributed by atoms with Crippen molar-refractivity contribution in [2.45, 2.75) is 43.9 Å². The van der Waals surface area contributed by atoms with Crippen molar-refractivity contribution in [2.24, 2.45) is 5.92 Å².